The van der Waals surface area contributed by atoms with E-state index < -0.39 is 35.7 Å². The Morgan fingerprint density at radius 1 is 1.10 bits per heavy atom. The molecular formula is C21H32F3N3O3. The number of imide groups is 1. The van der Waals surface area contributed by atoms with Gasteiger partial charge in [-0.2, -0.15) is 13.2 Å². The van der Waals surface area contributed by atoms with Crippen LogP contribution in [0.2, 0.25) is 0 Å². The van der Waals surface area contributed by atoms with Crippen LogP contribution in [-0.2, 0) is 9.59 Å². The molecule has 9 heteroatoms. The van der Waals surface area contributed by atoms with E-state index in [9.17, 15) is 27.6 Å². The summed E-state index contributed by atoms with van der Waals surface area (Å²) < 4.78 is 42.1. The zero-order valence-electron chi connectivity index (χ0n) is 17.7. The van der Waals surface area contributed by atoms with Crippen molar-refractivity contribution in [3.63, 3.8) is 0 Å². The third kappa shape index (κ3) is 4.30. The Morgan fingerprint density at radius 2 is 1.77 bits per heavy atom. The fraction of sp³-hybridized carbons (Fsp3) is 0.857. The Hall–Kier alpha value is -1.80. The molecule has 4 atom stereocenters. The Labute approximate surface area is 175 Å². The number of nitrogens with one attached hydrogen (secondary N) is 2. The summed E-state index contributed by atoms with van der Waals surface area (Å²) in [5.41, 5.74) is -3.38. The third-order valence-corrected chi connectivity index (χ3v) is 7.30. The molecule has 2 aliphatic carbocycles. The lowest BCUT2D eigenvalue weighted by Gasteiger charge is -2.38. The van der Waals surface area contributed by atoms with Crippen molar-refractivity contribution in [1.29, 1.82) is 0 Å². The quantitative estimate of drug-likeness (QED) is 0.644. The number of hydrogen-bond acceptors (Lipinski definition) is 3. The van der Waals surface area contributed by atoms with Crippen LogP contribution in [0.5, 0.6) is 0 Å². The van der Waals surface area contributed by atoms with E-state index in [-0.39, 0.29) is 18.3 Å². The van der Waals surface area contributed by atoms with E-state index in [0.717, 1.165) is 44.9 Å². The normalized spacial score (nSPS) is 33.5. The second-order valence-electron chi connectivity index (χ2n) is 9.28. The van der Waals surface area contributed by atoms with Gasteiger partial charge >= 0.3 is 12.2 Å². The largest absolute Gasteiger partial charge is 0.440 e. The molecular weight excluding hydrogens is 399 g/mol. The van der Waals surface area contributed by atoms with Gasteiger partial charge in [-0.15, -0.1) is 0 Å². The predicted octanol–water partition coefficient (Wildman–Crippen LogP) is 4.10. The van der Waals surface area contributed by atoms with Crippen LogP contribution >= 0.6 is 0 Å². The summed E-state index contributed by atoms with van der Waals surface area (Å²) >= 11 is 0. The van der Waals surface area contributed by atoms with Gasteiger partial charge in [0.05, 0.1) is 0 Å². The van der Waals surface area contributed by atoms with Crippen LogP contribution < -0.4 is 10.6 Å². The molecule has 2 saturated carbocycles. The first-order chi connectivity index (χ1) is 14.1. The summed E-state index contributed by atoms with van der Waals surface area (Å²) in [4.78, 5) is 38.6. The summed E-state index contributed by atoms with van der Waals surface area (Å²) in [6.07, 6.45) is 2.59. The molecule has 0 spiro atoms. The Bertz CT molecular complexity index is 678. The minimum atomic E-state index is -5.14. The average molecular weight is 431 g/mol. The first-order valence-electron chi connectivity index (χ1n) is 11.1. The summed E-state index contributed by atoms with van der Waals surface area (Å²) in [7, 11) is 0. The highest BCUT2D eigenvalue weighted by Crippen LogP contribution is 2.39. The molecule has 1 aliphatic heterocycles. The van der Waals surface area contributed by atoms with Gasteiger partial charge in [0.25, 0.3) is 11.6 Å². The molecule has 0 radical (unpaired) electrons. The number of halogens is 3. The van der Waals surface area contributed by atoms with Crippen LogP contribution in [0.3, 0.4) is 0 Å². The number of carbonyl (C=O) groups excluding carboxylic acids is 3. The Balaban J connectivity index is 1.75. The van der Waals surface area contributed by atoms with Gasteiger partial charge in [0.15, 0.2) is 0 Å². The van der Waals surface area contributed by atoms with Crippen LogP contribution in [0.15, 0.2) is 0 Å². The number of hydrogen-bond donors (Lipinski definition) is 2. The van der Waals surface area contributed by atoms with Crippen molar-refractivity contribution in [3.8, 4) is 0 Å². The van der Waals surface area contributed by atoms with Crippen LogP contribution in [0.1, 0.15) is 78.1 Å². The summed E-state index contributed by atoms with van der Waals surface area (Å²) in [5.74, 6) is -1.88. The van der Waals surface area contributed by atoms with Crippen LogP contribution in [0, 0.1) is 17.8 Å². The fourth-order valence-electron chi connectivity index (χ4n) is 5.20. The molecule has 4 amide bonds. The number of nitrogens with zero attached hydrogens (tertiary/aromatic N) is 1. The van der Waals surface area contributed by atoms with Crippen molar-refractivity contribution < 1.29 is 27.6 Å². The molecule has 30 heavy (non-hydrogen) atoms. The second-order valence-corrected chi connectivity index (χ2v) is 9.28. The van der Waals surface area contributed by atoms with E-state index in [0.29, 0.717) is 23.7 Å². The number of urea groups is 1. The average Bonchev–Trinajstić information content (AvgIpc) is 2.94. The molecule has 170 valence electrons. The smallest absolute Gasteiger partial charge is 0.318 e. The van der Waals surface area contributed by atoms with Gasteiger partial charge in [0.2, 0.25) is 5.91 Å². The van der Waals surface area contributed by atoms with Crippen molar-refractivity contribution >= 4 is 17.8 Å². The highest BCUT2D eigenvalue weighted by atomic mass is 19.4. The number of rotatable bonds is 5. The second kappa shape index (κ2) is 8.75. The lowest BCUT2D eigenvalue weighted by Crippen LogP contribution is -2.69. The van der Waals surface area contributed by atoms with Crippen molar-refractivity contribution in [2.24, 2.45) is 17.8 Å². The lowest BCUT2D eigenvalue weighted by atomic mass is 9.77. The molecule has 2 N–H and O–H groups in total. The first kappa shape index (κ1) is 22.9. The molecule has 3 aliphatic rings. The molecule has 3 fully saturated rings. The zero-order valence-corrected chi connectivity index (χ0v) is 17.7. The lowest BCUT2D eigenvalue weighted by molar-refractivity contribution is -0.205. The van der Waals surface area contributed by atoms with E-state index in [1.807, 2.05) is 19.2 Å². The van der Waals surface area contributed by atoms with E-state index in [1.54, 1.807) is 5.32 Å². The maximum absolute atomic E-state index is 14.0. The van der Waals surface area contributed by atoms with Crippen LogP contribution in [0.4, 0.5) is 18.0 Å². The van der Waals surface area contributed by atoms with Crippen molar-refractivity contribution in [3.05, 3.63) is 0 Å². The van der Waals surface area contributed by atoms with Gasteiger partial charge in [0.1, 0.15) is 0 Å². The van der Waals surface area contributed by atoms with Gasteiger partial charge in [0, 0.05) is 12.5 Å². The monoisotopic (exact) mass is 431 g/mol. The maximum atomic E-state index is 14.0. The summed E-state index contributed by atoms with van der Waals surface area (Å²) in [5, 5.41) is 3.65. The molecule has 1 saturated heterocycles. The van der Waals surface area contributed by atoms with Gasteiger partial charge in [-0.3, -0.25) is 19.8 Å². The van der Waals surface area contributed by atoms with E-state index in [2.05, 4.69) is 0 Å². The summed E-state index contributed by atoms with van der Waals surface area (Å²) in [6.45, 7) is 3.82. The Kier molecular flexibility index (Phi) is 6.67. The maximum Gasteiger partial charge on any atom is 0.440 e. The van der Waals surface area contributed by atoms with Crippen molar-refractivity contribution in [2.45, 2.75) is 95.9 Å². The van der Waals surface area contributed by atoms with Gasteiger partial charge in [-0.1, -0.05) is 58.8 Å². The fourth-order valence-corrected chi connectivity index (χ4v) is 5.20. The number of carbonyl (C=O) groups is 3. The number of amides is 4. The highest BCUT2D eigenvalue weighted by molar-refractivity contribution is 6.09. The molecule has 0 aromatic heterocycles. The number of alkyl halides is 3. The van der Waals surface area contributed by atoms with Crippen LogP contribution in [0.25, 0.3) is 0 Å². The SMILES string of the molecule is CC1CCCC(N2C(=O)NC(NC(=O)CCC3CCCCC3)(C(F)(F)F)C2=O)C1C. The van der Waals surface area contributed by atoms with Crippen LogP contribution in [-0.4, -0.2) is 40.6 Å². The standard InChI is InChI=1S/C21H32F3N3O3/c1-13-7-6-10-16(14(13)2)27-18(29)20(21(22,23)24,26-19(27)30)25-17(28)12-11-15-8-4-3-5-9-15/h13-16H,3-12H2,1-2H3,(H,25,28)(H,26,30). The van der Waals surface area contributed by atoms with E-state index in [4.69, 9.17) is 0 Å². The molecule has 6 nitrogen and oxygen atoms in total. The first-order valence-corrected chi connectivity index (χ1v) is 11.1. The van der Waals surface area contributed by atoms with Gasteiger partial charge < -0.3 is 5.32 Å². The highest BCUT2D eigenvalue weighted by Gasteiger charge is 2.69. The topological polar surface area (TPSA) is 78.5 Å². The zero-order chi connectivity index (χ0) is 22.1. The Morgan fingerprint density at radius 3 is 2.40 bits per heavy atom. The van der Waals surface area contributed by atoms with E-state index in [1.165, 1.54) is 0 Å². The molecule has 4 unspecified atom stereocenters. The summed E-state index contributed by atoms with van der Waals surface area (Å²) in [6, 6.07) is -1.69. The van der Waals surface area contributed by atoms with Crippen molar-refractivity contribution in [1.82, 2.24) is 15.5 Å². The predicted molar refractivity (Wildman–Crippen MR) is 104 cm³/mol. The minimum absolute atomic E-state index is 0.0947. The molecule has 0 aromatic carbocycles. The van der Waals surface area contributed by atoms with Crippen molar-refractivity contribution in [2.75, 3.05) is 0 Å². The minimum Gasteiger partial charge on any atom is -0.318 e. The van der Waals surface area contributed by atoms with Gasteiger partial charge in [-0.25, -0.2) is 4.79 Å². The molecule has 0 bridgehead atoms. The molecule has 1 heterocycles. The molecule has 3 rings (SSSR count). The van der Waals surface area contributed by atoms with E-state index >= 15 is 0 Å². The van der Waals surface area contributed by atoms with Gasteiger partial charge in [-0.05, 0) is 30.6 Å². The third-order valence-electron chi connectivity index (χ3n) is 7.30. The molecule has 0 aromatic rings.